The van der Waals surface area contributed by atoms with Crippen molar-refractivity contribution in [1.29, 1.82) is 0 Å². The highest BCUT2D eigenvalue weighted by Crippen LogP contribution is 2.29. The summed E-state index contributed by atoms with van der Waals surface area (Å²) in [5.74, 6) is -0.495. The molecule has 0 fully saturated rings. The first-order valence-electron chi connectivity index (χ1n) is 7.46. The molecule has 0 aliphatic carbocycles. The molecule has 1 aromatic carbocycles. The van der Waals surface area contributed by atoms with Crippen LogP contribution in [0.4, 0.5) is 4.79 Å². The van der Waals surface area contributed by atoms with E-state index in [2.05, 4.69) is 23.5 Å². The van der Waals surface area contributed by atoms with Crippen molar-refractivity contribution in [2.45, 2.75) is 37.9 Å². The number of fused-ring (bicyclic) bond motifs is 1. The van der Waals surface area contributed by atoms with Crippen LogP contribution in [0.15, 0.2) is 29.2 Å². The largest absolute Gasteiger partial charge is 0.459 e. The normalized spacial score (nSPS) is 11.3. The Bertz CT molecular complexity index is 734. The van der Waals surface area contributed by atoms with Gasteiger partial charge in [0.25, 0.3) is 0 Å². The van der Waals surface area contributed by atoms with Crippen LogP contribution in [0.25, 0.3) is 10.1 Å². The molecular weight excluding hydrogens is 346 g/mol. The monoisotopic (exact) mass is 367 g/mol. The minimum Gasteiger partial charge on any atom is -0.459 e. The highest BCUT2D eigenvalue weighted by molar-refractivity contribution is 7.98. The van der Waals surface area contributed by atoms with E-state index in [1.807, 2.05) is 12.3 Å². The van der Waals surface area contributed by atoms with E-state index in [0.717, 1.165) is 15.0 Å². The van der Waals surface area contributed by atoms with Crippen molar-refractivity contribution >= 4 is 45.2 Å². The zero-order chi connectivity index (χ0) is 17.7. The maximum absolute atomic E-state index is 11.7. The third kappa shape index (κ3) is 5.72. The minimum atomic E-state index is -0.636. The summed E-state index contributed by atoms with van der Waals surface area (Å²) in [6.07, 6.45) is 1.40. The summed E-state index contributed by atoms with van der Waals surface area (Å²) in [5.41, 5.74) is -0.574. The van der Waals surface area contributed by atoms with Crippen LogP contribution in [-0.4, -0.2) is 30.5 Å². The number of esters is 1. The van der Waals surface area contributed by atoms with Crippen molar-refractivity contribution in [2.75, 3.05) is 12.8 Å². The Balaban J connectivity index is 1.82. The van der Waals surface area contributed by atoms with Crippen LogP contribution < -0.4 is 5.32 Å². The Morgan fingerprint density at radius 2 is 2.00 bits per heavy atom. The van der Waals surface area contributed by atoms with Gasteiger partial charge in [-0.2, -0.15) is 0 Å². The minimum absolute atomic E-state index is 0.175. The summed E-state index contributed by atoms with van der Waals surface area (Å²) in [6.45, 7) is 5.28. The topological polar surface area (TPSA) is 64.6 Å². The molecule has 24 heavy (non-hydrogen) atoms. The first-order chi connectivity index (χ1) is 11.3. The zero-order valence-corrected chi connectivity index (χ0v) is 15.8. The van der Waals surface area contributed by atoms with E-state index in [1.165, 1.54) is 4.90 Å². The molecule has 0 saturated carbocycles. The van der Waals surface area contributed by atoms with E-state index < -0.39 is 17.7 Å². The number of rotatable bonds is 5. The summed E-state index contributed by atoms with van der Waals surface area (Å²) in [7, 11) is 0. The van der Waals surface area contributed by atoms with Gasteiger partial charge in [0.15, 0.2) is 0 Å². The van der Waals surface area contributed by atoms with Gasteiger partial charge in [-0.15, -0.1) is 23.1 Å². The molecule has 0 radical (unpaired) electrons. The van der Waals surface area contributed by atoms with E-state index in [0.29, 0.717) is 0 Å². The molecule has 7 heteroatoms. The molecular formula is C17H21NO4S2. The number of benzene rings is 1. The van der Waals surface area contributed by atoms with Gasteiger partial charge < -0.3 is 14.8 Å². The van der Waals surface area contributed by atoms with Crippen LogP contribution in [0.5, 0.6) is 0 Å². The molecule has 130 valence electrons. The Hall–Kier alpha value is -1.73. The van der Waals surface area contributed by atoms with E-state index in [-0.39, 0.29) is 13.2 Å². The zero-order valence-electron chi connectivity index (χ0n) is 14.2. The number of thioether (sulfide) groups is 1. The number of carbonyl (C=O) groups is 2. The molecule has 0 spiro atoms. The fourth-order valence-electron chi connectivity index (χ4n) is 1.98. The third-order valence-electron chi connectivity index (χ3n) is 2.92. The predicted molar refractivity (Wildman–Crippen MR) is 97.6 cm³/mol. The van der Waals surface area contributed by atoms with Gasteiger partial charge >= 0.3 is 12.1 Å². The summed E-state index contributed by atoms with van der Waals surface area (Å²) >= 11 is 3.27. The molecule has 0 aliphatic heterocycles. The Labute approximate surface area is 149 Å². The molecule has 1 N–H and O–H groups in total. The number of carbonyl (C=O) groups excluding carboxylic acids is 2. The molecule has 2 rings (SSSR count). The van der Waals surface area contributed by atoms with Crippen molar-refractivity contribution < 1.29 is 19.1 Å². The summed E-state index contributed by atoms with van der Waals surface area (Å²) < 4.78 is 11.4. The van der Waals surface area contributed by atoms with Gasteiger partial charge in [-0.3, -0.25) is 4.79 Å². The van der Waals surface area contributed by atoms with Crippen molar-refractivity contribution in [3.05, 3.63) is 29.1 Å². The van der Waals surface area contributed by atoms with Crippen LogP contribution in [0.1, 0.15) is 25.6 Å². The lowest BCUT2D eigenvalue weighted by Gasteiger charge is -2.19. The highest BCUT2D eigenvalue weighted by atomic mass is 32.2. The van der Waals surface area contributed by atoms with Gasteiger partial charge in [-0.1, -0.05) is 0 Å². The van der Waals surface area contributed by atoms with Gasteiger partial charge in [0.1, 0.15) is 18.8 Å². The number of ether oxygens (including phenoxy) is 2. The fourth-order valence-corrected chi connectivity index (χ4v) is 3.39. The lowest BCUT2D eigenvalue weighted by Crippen LogP contribution is -2.34. The second-order valence-electron chi connectivity index (χ2n) is 6.13. The number of alkyl carbamates (subject to hydrolysis) is 1. The van der Waals surface area contributed by atoms with Crippen LogP contribution in [0, 0.1) is 0 Å². The Morgan fingerprint density at radius 3 is 2.67 bits per heavy atom. The number of thiophene rings is 1. The number of nitrogens with one attached hydrogen (secondary N) is 1. The molecule has 1 aromatic heterocycles. The average Bonchev–Trinajstić information content (AvgIpc) is 2.91. The van der Waals surface area contributed by atoms with E-state index in [9.17, 15) is 9.59 Å². The maximum atomic E-state index is 11.7. The summed E-state index contributed by atoms with van der Waals surface area (Å²) in [4.78, 5) is 25.3. The van der Waals surface area contributed by atoms with Gasteiger partial charge in [-0.25, -0.2) is 4.79 Å². The molecule has 0 atom stereocenters. The highest BCUT2D eigenvalue weighted by Gasteiger charge is 2.17. The van der Waals surface area contributed by atoms with Crippen LogP contribution in [0.3, 0.4) is 0 Å². The number of hydrogen-bond acceptors (Lipinski definition) is 6. The van der Waals surface area contributed by atoms with Gasteiger partial charge in [-0.05, 0) is 56.7 Å². The smallest absolute Gasteiger partial charge is 0.407 e. The Morgan fingerprint density at radius 1 is 1.25 bits per heavy atom. The van der Waals surface area contributed by atoms with Crippen molar-refractivity contribution in [3.63, 3.8) is 0 Å². The van der Waals surface area contributed by atoms with Crippen molar-refractivity contribution in [1.82, 2.24) is 5.32 Å². The molecule has 0 aliphatic rings. The SMILES string of the molecule is CSc1ccc2sc(COC(=O)NCC(=O)OC(C)(C)C)cc2c1. The van der Waals surface area contributed by atoms with E-state index in [4.69, 9.17) is 9.47 Å². The maximum Gasteiger partial charge on any atom is 0.407 e. The second kappa shape index (κ2) is 7.90. The molecule has 0 unspecified atom stereocenters. The van der Waals surface area contributed by atoms with E-state index in [1.54, 1.807) is 43.9 Å². The molecule has 2 aromatic rings. The molecule has 5 nitrogen and oxygen atoms in total. The summed E-state index contributed by atoms with van der Waals surface area (Å²) in [6, 6.07) is 8.27. The first-order valence-corrected chi connectivity index (χ1v) is 9.50. The van der Waals surface area contributed by atoms with Crippen molar-refractivity contribution in [3.8, 4) is 0 Å². The molecule has 1 amide bonds. The number of amides is 1. The third-order valence-corrected chi connectivity index (χ3v) is 4.73. The van der Waals surface area contributed by atoms with Gasteiger partial charge in [0, 0.05) is 14.5 Å². The predicted octanol–water partition coefficient (Wildman–Crippen LogP) is 4.19. The van der Waals surface area contributed by atoms with Gasteiger partial charge in [0.2, 0.25) is 0 Å². The van der Waals surface area contributed by atoms with Crippen molar-refractivity contribution in [2.24, 2.45) is 0 Å². The van der Waals surface area contributed by atoms with E-state index >= 15 is 0 Å². The quantitative estimate of drug-likeness (QED) is 0.634. The number of hydrogen-bond donors (Lipinski definition) is 1. The molecule has 0 saturated heterocycles. The Kier molecular flexibility index (Phi) is 6.12. The van der Waals surface area contributed by atoms with Crippen LogP contribution >= 0.6 is 23.1 Å². The standard InChI is InChI=1S/C17H21NO4S2/c1-17(2,3)22-15(19)9-18-16(20)21-10-13-8-11-7-12(23-4)5-6-14(11)24-13/h5-8H,9-10H2,1-4H3,(H,18,20). The van der Waals surface area contributed by atoms with Crippen LogP contribution in [-0.2, 0) is 20.9 Å². The molecule has 0 bridgehead atoms. The fraction of sp³-hybridized carbons (Fsp3) is 0.412. The second-order valence-corrected chi connectivity index (χ2v) is 8.18. The molecule has 1 heterocycles. The average molecular weight is 367 g/mol. The van der Waals surface area contributed by atoms with Gasteiger partial charge in [0.05, 0.1) is 0 Å². The lowest BCUT2D eigenvalue weighted by atomic mass is 10.2. The first kappa shape index (κ1) is 18.6. The van der Waals surface area contributed by atoms with Crippen LogP contribution in [0.2, 0.25) is 0 Å². The lowest BCUT2D eigenvalue weighted by molar-refractivity contribution is -0.153. The summed E-state index contributed by atoms with van der Waals surface area (Å²) in [5, 5.41) is 3.53.